The minimum atomic E-state index is -0.692. The van der Waals surface area contributed by atoms with Gasteiger partial charge in [0.25, 0.3) is 0 Å². The van der Waals surface area contributed by atoms with Gasteiger partial charge in [-0.15, -0.1) is 0 Å². The van der Waals surface area contributed by atoms with E-state index in [1.807, 2.05) is 6.92 Å². The van der Waals surface area contributed by atoms with Crippen LogP contribution in [0.15, 0.2) is 22.8 Å². The fourth-order valence-corrected chi connectivity index (χ4v) is 2.96. The summed E-state index contributed by atoms with van der Waals surface area (Å²) in [5.41, 5.74) is 0.244. The molecule has 2 atom stereocenters. The van der Waals surface area contributed by atoms with E-state index in [1.54, 1.807) is 12.1 Å². The molecular formula is C16H26N2O3. The molecule has 1 saturated carbocycles. The molecule has 0 radical (unpaired) electrons. The Morgan fingerprint density at radius 1 is 1.48 bits per heavy atom. The van der Waals surface area contributed by atoms with Crippen LogP contribution in [0, 0.1) is 5.41 Å². The maximum Gasteiger partial charge on any atom is 0.315 e. The molecule has 1 aromatic heterocycles. The summed E-state index contributed by atoms with van der Waals surface area (Å²) in [5, 5.41) is 15.8. The van der Waals surface area contributed by atoms with E-state index in [2.05, 4.69) is 17.6 Å². The molecule has 1 fully saturated rings. The molecular weight excluding hydrogens is 268 g/mol. The van der Waals surface area contributed by atoms with E-state index in [0.717, 1.165) is 0 Å². The van der Waals surface area contributed by atoms with Crippen LogP contribution in [0.4, 0.5) is 4.79 Å². The Labute approximate surface area is 126 Å². The zero-order valence-corrected chi connectivity index (χ0v) is 12.9. The van der Waals surface area contributed by atoms with Crippen LogP contribution in [-0.4, -0.2) is 23.7 Å². The van der Waals surface area contributed by atoms with Gasteiger partial charge in [0.05, 0.1) is 6.26 Å². The van der Waals surface area contributed by atoms with E-state index in [0.29, 0.717) is 18.7 Å². The Kier molecular flexibility index (Phi) is 5.28. The van der Waals surface area contributed by atoms with Crippen molar-refractivity contribution in [3.05, 3.63) is 24.2 Å². The van der Waals surface area contributed by atoms with Crippen LogP contribution in [0.25, 0.3) is 0 Å². The van der Waals surface area contributed by atoms with Crippen molar-refractivity contribution in [1.82, 2.24) is 10.6 Å². The highest BCUT2D eigenvalue weighted by molar-refractivity contribution is 5.74. The van der Waals surface area contributed by atoms with Gasteiger partial charge in [-0.05, 0) is 37.3 Å². The zero-order valence-electron chi connectivity index (χ0n) is 12.9. The Hall–Kier alpha value is -1.49. The van der Waals surface area contributed by atoms with Gasteiger partial charge >= 0.3 is 6.03 Å². The van der Waals surface area contributed by atoms with Crippen molar-refractivity contribution >= 4 is 6.03 Å². The largest absolute Gasteiger partial charge is 0.467 e. The first-order valence-corrected chi connectivity index (χ1v) is 7.74. The Bertz CT molecular complexity index is 438. The highest BCUT2D eigenvalue weighted by Crippen LogP contribution is 2.36. The number of urea groups is 1. The van der Waals surface area contributed by atoms with Crippen molar-refractivity contribution in [3.8, 4) is 0 Å². The molecule has 2 amide bonds. The summed E-state index contributed by atoms with van der Waals surface area (Å²) in [6, 6.07) is 3.19. The average molecular weight is 294 g/mol. The molecule has 0 spiro atoms. The third-order valence-electron chi connectivity index (χ3n) is 4.31. The summed E-state index contributed by atoms with van der Waals surface area (Å²) in [4.78, 5) is 11.9. The van der Waals surface area contributed by atoms with Gasteiger partial charge in [-0.1, -0.05) is 19.8 Å². The lowest BCUT2D eigenvalue weighted by molar-refractivity contribution is 0.129. The van der Waals surface area contributed by atoms with Crippen molar-refractivity contribution in [2.24, 2.45) is 5.41 Å². The average Bonchev–Trinajstić information content (AvgIpc) is 3.08. The number of hydrogen-bond acceptors (Lipinski definition) is 3. The number of carbonyl (C=O) groups is 1. The van der Waals surface area contributed by atoms with Crippen LogP contribution in [0.1, 0.15) is 57.8 Å². The van der Waals surface area contributed by atoms with E-state index >= 15 is 0 Å². The Morgan fingerprint density at radius 3 is 2.81 bits per heavy atom. The van der Waals surface area contributed by atoms with Gasteiger partial charge in [-0.25, -0.2) is 4.79 Å². The molecule has 1 aliphatic carbocycles. The number of carbonyl (C=O) groups excluding carboxylic acids is 1. The molecule has 0 saturated heterocycles. The summed E-state index contributed by atoms with van der Waals surface area (Å²) < 4.78 is 5.15. The standard InChI is InChI=1S/C16H26N2O3/c1-12(10-13(19)14-6-5-9-21-14)18-15(20)17-11-16(2)7-3-4-8-16/h5-6,9,12-13,19H,3-4,7-8,10-11H2,1-2H3,(H2,17,18,20). The summed E-state index contributed by atoms with van der Waals surface area (Å²) in [6.07, 6.45) is 6.14. The van der Waals surface area contributed by atoms with Crippen molar-refractivity contribution in [1.29, 1.82) is 0 Å². The van der Waals surface area contributed by atoms with Gasteiger partial charge in [0, 0.05) is 19.0 Å². The molecule has 21 heavy (non-hydrogen) atoms. The van der Waals surface area contributed by atoms with Crippen molar-refractivity contribution in [2.45, 2.75) is 58.1 Å². The highest BCUT2D eigenvalue weighted by atomic mass is 16.4. The molecule has 0 bridgehead atoms. The molecule has 0 aromatic carbocycles. The second-order valence-electron chi connectivity index (χ2n) is 6.51. The topological polar surface area (TPSA) is 74.5 Å². The molecule has 3 N–H and O–H groups in total. The molecule has 1 heterocycles. The zero-order chi connectivity index (χ0) is 15.3. The van der Waals surface area contributed by atoms with Crippen LogP contribution in [0.3, 0.4) is 0 Å². The highest BCUT2D eigenvalue weighted by Gasteiger charge is 2.29. The predicted octanol–water partition coefficient (Wildman–Crippen LogP) is 2.97. The van der Waals surface area contributed by atoms with Crippen LogP contribution < -0.4 is 10.6 Å². The van der Waals surface area contributed by atoms with Crippen molar-refractivity contribution in [2.75, 3.05) is 6.54 Å². The number of amides is 2. The monoisotopic (exact) mass is 294 g/mol. The molecule has 2 rings (SSSR count). The van der Waals surface area contributed by atoms with Crippen molar-refractivity contribution < 1.29 is 14.3 Å². The normalized spacial score (nSPS) is 20.0. The molecule has 1 aromatic rings. The van der Waals surface area contributed by atoms with E-state index in [-0.39, 0.29) is 17.5 Å². The number of hydrogen-bond donors (Lipinski definition) is 3. The Balaban J connectivity index is 1.69. The fourth-order valence-electron chi connectivity index (χ4n) is 2.96. The maximum absolute atomic E-state index is 11.9. The minimum absolute atomic E-state index is 0.124. The van der Waals surface area contributed by atoms with Gasteiger partial charge in [0.1, 0.15) is 11.9 Å². The van der Waals surface area contributed by atoms with Gasteiger partial charge in [0.2, 0.25) is 0 Å². The van der Waals surface area contributed by atoms with E-state index in [9.17, 15) is 9.90 Å². The number of furan rings is 1. The lowest BCUT2D eigenvalue weighted by atomic mass is 9.89. The van der Waals surface area contributed by atoms with Crippen LogP contribution in [0.5, 0.6) is 0 Å². The number of aliphatic hydroxyl groups is 1. The summed E-state index contributed by atoms with van der Waals surface area (Å²) in [5.74, 6) is 0.530. The molecule has 118 valence electrons. The van der Waals surface area contributed by atoms with Gasteiger partial charge in [0.15, 0.2) is 0 Å². The number of aliphatic hydroxyl groups excluding tert-OH is 1. The van der Waals surface area contributed by atoms with Crippen molar-refractivity contribution in [3.63, 3.8) is 0 Å². The van der Waals surface area contributed by atoms with Crippen LogP contribution in [-0.2, 0) is 0 Å². The van der Waals surface area contributed by atoms with Gasteiger partial charge in [-0.3, -0.25) is 0 Å². The molecule has 2 unspecified atom stereocenters. The van der Waals surface area contributed by atoms with E-state index in [4.69, 9.17) is 4.42 Å². The molecule has 5 heteroatoms. The lowest BCUT2D eigenvalue weighted by Crippen LogP contribution is -2.44. The van der Waals surface area contributed by atoms with Crippen LogP contribution in [0.2, 0.25) is 0 Å². The maximum atomic E-state index is 11.9. The smallest absolute Gasteiger partial charge is 0.315 e. The quantitative estimate of drug-likeness (QED) is 0.755. The second kappa shape index (κ2) is 6.98. The third-order valence-corrected chi connectivity index (χ3v) is 4.31. The van der Waals surface area contributed by atoms with Gasteiger partial charge < -0.3 is 20.2 Å². The predicted molar refractivity (Wildman–Crippen MR) is 80.9 cm³/mol. The third kappa shape index (κ3) is 4.77. The second-order valence-corrected chi connectivity index (χ2v) is 6.51. The fraction of sp³-hybridized carbons (Fsp3) is 0.688. The molecule has 0 aliphatic heterocycles. The molecule has 5 nitrogen and oxygen atoms in total. The first kappa shape index (κ1) is 15.9. The Morgan fingerprint density at radius 2 is 2.19 bits per heavy atom. The lowest BCUT2D eigenvalue weighted by Gasteiger charge is -2.24. The summed E-state index contributed by atoms with van der Waals surface area (Å²) in [7, 11) is 0. The minimum Gasteiger partial charge on any atom is -0.467 e. The first-order valence-electron chi connectivity index (χ1n) is 7.74. The first-order chi connectivity index (χ1) is 9.98. The number of nitrogens with one attached hydrogen (secondary N) is 2. The van der Waals surface area contributed by atoms with Gasteiger partial charge in [-0.2, -0.15) is 0 Å². The number of rotatable bonds is 6. The SMILES string of the molecule is CC(CC(O)c1ccco1)NC(=O)NCC1(C)CCCC1. The summed E-state index contributed by atoms with van der Waals surface area (Å²) in [6.45, 7) is 4.82. The van der Waals surface area contributed by atoms with E-state index < -0.39 is 6.10 Å². The molecule has 1 aliphatic rings. The van der Waals surface area contributed by atoms with E-state index in [1.165, 1.54) is 31.9 Å². The van der Waals surface area contributed by atoms with Crippen LogP contribution >= 0.6 is 0 Å². The summed E-state index contributed by atoms with van der Waals surface area (Å²) >= 11 is 0.